The first-order valence-corrected chi connectivity index (χ1v) is 11.1. The molecule has 3 aromatic rings. The molecule has 1 aromatic heterocycles. The number of amides is 1. The van der Waals surface area contributed by atoms with Gasteiger partial charge in [-0.05, 0) is 23.6 Å². The second-order valence-corrected chi connectivity index (χ2v) is 8.60. The van der Waals surface area contributed by atoms with Crippen molar-refractivity contribution in [3.63, 3.8) is 0 Å². The number of carbonyl (C=O) groups is 1. The molecule has 29 heavy (non-hydrogen) atoms. The molecule has 5 heteroatoms. The maximum Gasteiger partial charge on any atom is 0.228 e. The number of carbonyl (C=O) groups excluding carboxylic acids is 1. The third-order valence-electron chi connectivity index (χ3n) is 5.51. The van der Waals surface area contributed by atoms with E-state index in [1.165, 1.54) is 16.7 Å². The Kier molecular flexibility index (Phi) is 6.37. The molecule has 0 atom stereocenters. The molecular weight excluding hydrogens is 378 g/mol. The summed E-state index contributed by atoms with van der Waals surface area (Å²) in [4.78, 5) is 21.8. The fourth-order valence-electron chi connectivity index (χ4n) is 3.73. The molecule has 0 saturated carbocycles. The second kappa shape index (κ2) is 9.33. The Labute approximate surface area is 176 Å². The van der Waals surface area contributed by atoms with E-state index >= 15 is 0 Å². The minimum Gasteiger partial charge on any atom is -0.340 e. The van der Waals surface area contributed by atoms with Crippen LogP contribution in [0.25, 0.3) is 0 Å². The zero-order valence-corrected chi connectivity index (χ0v) is 17.7. The number of aryl methyl sites for hydroxylation is 1. The van der Waals surface area contributed by atoms with Crippen LogP contribution in [0.4, 0.5) is 0 Å². The molecule has 4 nitrogen and oxygen atoms in total. The summed E-state index contributed by atoms with van der Waals surface area (Å²) in [5.41, 5.74) is 4.86. The Balaban J connectivity index is 1.26. The molecule has 1 amide bonds. The van der Waals surface area contributed by atoms with Crippen molar-refractivity contribution in [1.82, 2.24) is 14.8 Å². The zero-order valence-electron chi connectivity index (χ0n) is 16.9. The van der Waals surface area contributed by atoms with E-state index in [0.717, 1.165) is 49.8 Å². The van der Waals surface area contributed by atoms with Gasteiger partial charge in [-0.2, -0.15) is 0 Å². The maximum absolute atomic E-state index is 12.7. The van der Waals surface area contributed by atoms with E-state index in [0.29, 0.717) is 6.42 Å². The first-order valence-electron chi connectivity index (χ1n) is 10.2. The van der Waals surface area contributed by atoms with Crippen LogP contribution in [-0.4, -0.2) is 46.9 Å². The number of thiazole rings is 1. The fraction of sp³-hybridized carbons (Fsp3) is 0.333. The summed E-state index contributed by atoms with van der Waals surface area (Å²) in [6.45, 7) is 6.57. The molecule has 0 aliphatic carbocycles. The summed E-state index contributed by atoms with van der Waals surface area (Å²) in [7, 11) is 0. The molecule has 2 aromatic carbocycles. The first-order chi connectivity index (χ1) is 14.2. The smallest absolute Gasteiger partial charge is 0.228 e. The Morgan fingerprint density at radius 3 is 2.48 bits per heavy atom. The molecule has 1 saturated heterocycles. The van der Waals surface area contributed by atoms with Crippen molar-refractivity contribution in [1.29, 1.82) is 0 Å². The molecule has 4 rings (SSSR count). The lowest BCUT2D eigenvalue weighted by molar-refractivity contribution is -0.132. The quantitative estimate of drug-likeness (QED) is 0.623. The van der Waals surface area contributed by atoms with E-state index in [2.05, 4.69) is 53.2 Å². The summed E-state index contributed by atoms with van der Waals surface area (Å²) in [6, 6.07) is 18.9. The molecule has 1 aliphatic heterocycles. The summed E-state index contributed by atoms with van der Waals surface area (Å²) in [5.74, 6) is 0.192. The highest BCUT2D eigenvalue weighted by Crippen LogP contribution is 2.17. The third-order valence-corrected chi connectivity index (χ3v) is 6.41. The highest BCUT2D eigenvalue weighted by molar-refractivity contribution is 7.09. The van der Waals surface area contributed by atoms with E-state index < -0.39 is 0 Å². The Morgan fingerprint density at radius 2 is 1.72 bits per heavy atom. The van der Waals surface area contributed by atoms with Crippen LogP contribution in [0.5, 0.6) is 0 Å². The van der Waals surface area contributed by atoms with Gasteiger partial charge in [-0.25, -0.2) is 4.98 Å². The van der Waals surface area contributed by atoms with Gasteiger partial charge in [-0.15, -0.1) is 11.3 Å². The van der Waals surface area contributed by atoms with Crippen molar-refractivity contribution in [2.45, 2.75) is 26.3 Å². The Morgan fingerprint density at radius 1 is 1.00 bits per heavy atom. The standard InChI is InChI=1S/C24H27N3OS/c1-19-7-5-6-10-21(19)17-26-11-13-27(14-12-26)24(28)16-22-18-29-23(25-22)15-20-8-3-2-4-9-20/h2-10,18H,11-17H2,1H3. The Bertz CT molecular complexity index is 946. The highest BCUT2D eigenvalue weighted by atomic mass is 32.1. The molecule has 2 heterocycles. The van der Waals surface area contributed by atoms with Crippen LogP contribution in [0, 0.1) is 6.92 Å². The van der Waals surface area contributed by atoms with Gasteiger partial charge in [0.05, 0.1) is 17.1 Å². The Hall–Kier alpha value is -2.50. The summed E-state index contributed by atoms with van der Waals surface area (Å²) < 4.78 is 0. The summed E-state index contributed by atoms with van der Waals surface area (Å²) >= 11 is 1.65. The van der Waals surface area contributed by atoms with Gasteiger partial charge in [0.2, 0.25) is 5.91 Å². The number of aromatic nitrogens is 1. The molecule has 1 fully saturated rings. The monoisotopic (exact) mass is 405 g/mol. The third kappa shape index (κ3) is 5.31. The number of piperazine rings is 1. The van der Waals surface area contributed by atoms with Crippen LogP contribution in [0.2, 0.25) is 0 Å². The average molecular weight is 406 g/mol. The van der Waals surface area contributed by atoms with Crippen molar-refractivity contribution >= 4 is 17.2 Å². The van der Waals surface area contributed by atoms with Crippen molar-refractivity contribution < 1.29 is 4.79 Å². The molecular formula is C24H27N3OS. The van der Waals surface area contributed by atoms with Crippen LogP contribution in [0.3, 0.4) is 0 Å². The summed E-state index contributed by atoms with van der Waals surface area (Å²) in [5, 5.41) is 3.10. The predicted molar refractivity (Wildman–Crippen MR) is 118 cm³/mol. The zero-order chi connectivity index (χ0) is 20.1. The van der Waals surface area contributed by atoms with Gasteiger partial charge in [0.15, 0.2) is 0 Å². The van der Waals surface area contributed by atoms with Crippen LogP contribution in [0.1, 0.15) is 27.4 Å². The van der Waals surface area contributed by atoms with Gasteiger partial charge in [0.25, 0.3) is 0 Å². The van der Waals surface area contributed by atoms with E-state index in [4.69, 9.17) is 0 Å². The van der Waals surface area contributed by atoms with Crippen molar-refractivity contribution in [2.75, 3.05) is 26.2 Å². The van der Waals surface area contributed by atoms with Gasteiger partial charge in [0.1, 0.15) is 0 Å². The lowest BCUT2D eigenvalue weighted by atomic mass is 10.1. The minimum atomic E-state index is 0.192. The molecule has 0 radical (unpaired) electrons. The fourth-order valence-corrected chi connectivity index (χ4v) is 4.56. The van der Waals surface area contributed by atoms with Crippen molar-refractivity contribution in [2.24, 2.45) is 0 Å². The maximum atomic E-state index is 12.7. The molecule has 0 unspecified atom stereocenters. The molecule has 150 valence electrons. The van der Waals surface area contributed by atoms with E-state index in [1.54, 1.807) is 11.3 Å². The number of benzene rings is 2. The number of hydrogen-bond donors (Lipinski definition) is 0. The lowest BCUT2D eigenvalue weighted by Crippen LogP contribution is -2.48. The van der Waals surface area contributed by atoms with E-state index in [-0.39, 0.29) is 5.91 Å². The average Bonchev–Trinajstić information content (AvgIpc) is 3.17. The largest absolute Gasteiger partial charge is 0.340 e. The molecule has 0 spiro atoms. The SMILES string of the molecule is Cc1ccccc1CN1CCN(C(=O)Cc2csc(Cc3ccccc3)n2)CC1. The van der Waals surface area contributed by atoms with E-state index in [1.807, 2.05) is 28.5 Å². The van der Waals surface area contributed by atoms with Crippen LogP contribution in [-0.2, 0) is 24.2 Å². The van der Waals surface area contributed by atoms with E-state index in [9.17, 15) is 4.79 Å². The second-order valence-electron chi connectivity index (χ2n) is 7.66. The number of rotatable bonds is 6. The summed E-state index contributed by atoms with van der Waals surface area (Å²) in [6.07, 6.45) is 1.24. The topological polar surface area (TPSA) is 36.4 Å². The van der Waals surface area contributed by atoms with Crippen LogP contribution >= 0.6 is 11.3 Å². The van der Waals surface area contributed by atoms with Crippen LogP contribution < -0.4 is 0 Å². The predicted octanol–water partition coefficient (Wildman–Crippen LogP) is 3.93. The molecule has 1 aliphatic rings. The van der Waals surface area contributed by atoms with Gasteiger partial charge >= 0.3 is 0 Å². The highest BCUT2D eigenvalue weighted by Gasteiger charge is 2.22. The van der Waals surface area contributed by atoms with Gasteiger partial charge in [0, 0.05) is 44.5 Å². The molecule has 0 N–H and O–H groups in total. The van der Waals surface area contributed by atoms with Crippen molar-refractivity contribution in [3.8, 4) is 0 Å². The normalized spacial score (nSPS) is 14.9. The first kappa shape index (κ1) is 19.8. The van der Waals surface area contributed by atoms with Gasteiger partial charge < -0.3 is 4.90 Å². The molecule has 0 bridgehead atoms. The number of hydrogen-bond acceptors (Lipinski definition) is 4. The number of nitrogens with zero attached hydrogens (tertiary/aromatic N) is 3. The van der Waals surface area contributed by atoms with Crippen molar-refractivity contribution in [3.05, 3.63) is 87.4 Å². The minimum absolute atomic E-state index is 0.192. The lowest BCUT2D eigenvalue weighted by Gasteiger charge is -2.35. The van der Waals surface area contributed by atoms with Crippen LogP contribution in [0.15, 0.2) is 60.0 Å². The van der Waals surface area contributed by atoms with Gasteiger partial charge in [-0.3, -0.25) is 9.69 Å². The van der Waals surface area contributed by atoms with Gasteiger partial charge in [-0.1, -0.05) is 54.6 Å².